The molecule has 0 saturated carbocycles. The number of hydrazone groups is 1. The molecule has 0 unspecified atom stereocenters. The number of ether oxygens (including phenoxy) is 1. The summed E-state index contributed by atoms with van der Waals surface area (Å²) >= 11 is 3.32. The number of benzene rings is 2. The predicted octanol–water partition coefficient (Wildman–Crippen LogP) is 3.33. The van der Waals surface area contributed by atoms with Gasteiger partial charge in [0.2, 0.25) is 5.43 Å². The summed E-state index contributed by atoms with van der Waals surface area (Å²) < 4.78 is 11.2. The molecule has 7 heteroatoms. The number of halogens is 1. The zero-order valence-electron chi connectivity index (χ0n) is 13.2. The van der Waals surface area contributed by atoms with Crippen molar-refractivity contribution in [3.8, 4) is 5.75 Å². The Bertz CT molecular complexity index is 1010. The highest BCUT2D eigenvalue weighted by atomic mass is 79.9. The Morgan fingerprint density at radius 2 is 2.00 bits per heavy atom. The minimum atomic E-state index is -0.396. The van der Waals surface area contributed by atoms with Crippen LogP contribution in [0.15, 0.2) is 67.5 Å². The number of amides is 1. The number of fused-ring (bicyclic) bond motifs is 1. The maximum Gasteiger partial charge on any atom is 0.271 e. The summed E-state index contributed by atoms with van der Waals surface area (Å²) in [4.78, 5) is 24.4. The van der Waals surface area contributed by atoms with E-state index in [1.54, 1.807) is 49.6 Å². The van der Waals surface area contributed by atoms with Crippen molar-refractivity contribution in [3.05, 3.63) is 74.6 Å². The van der Waals surface area contributed by atoms with E-state index in [-0.39, 0.29) is 11.0 Å². The van der Waals surface area contributed by atoms with Crippen LogP contribution in [0.3, 0.4) is 0 Å². The molecule has 0 saturated heterocycles. The lowest BCUT2D eigenvalue weighted by Gasteiger charge is -2.02. The van der Waals surface area contributed by atoms with Crippen molar-refractivity contribution in [2.75, 3.05) is 7.11 Å². The molecule has 1 N–H and O–H groups in total. The molecule has 0 aliphatic heterocycles. The Kier molecular flexibility index (Phi) is 4.95. The molecule has 0 radical (unpaired) electrons. The first-order valence-corrected chi connectivity index (χ1v) is 8.06. The average molecular weight is 401 g/mol. The van der Waals surface area contributed by atoms with Gasteiger partial charge in [-0.15, -0.1) is 0 Å². The van der Waals surface area contributed by atoms with E-state index in [4.69, 9.17) is 9.15 Å². The summed E-state index contributed by atoms with van der Waals surface area (Å²) in [5.41, 5.74) is 3.28. The van der Waals surface area contributed by atoms with Crippen molar-refractivity contribution >= 4 is 39.0 Å². The third-order valence-corrected chi connectivity index (χ3v) is 3.98. The molecule has 126 valence electrons. The van der Waals surface area contributed by atoms with Gasteiger partial charge in [0.05, 0.1) is 24.3 Å². The van der Waals surface area contributed by atoms with Gasteiger partial charge >= 0.3 is 0 Å². The lowest BCUT2D eigenvalue weighted by Crippen LogP contribution is -2.18. The number of rotatable bonds is 4. The minimum absolute atomic E-state index is 0.231. The Hall–Kier alpha value is -2.93. The Balaban J connectivity index is 1.77. The van der Waals surface area contributed by atoms with Crippen LogP contribution in [0, 0.1) is 0 Å². The molecule has 0 spiro atoms. The van der Waals surface area contributed by atoms with Crippen LogP contribution in [0.1, 0.15) is 15.9 Å². The van der Waals surface area contributed by atoms with Crippen LogP contribution < -0.4 is 15.6 Å². The summed E-state index contributed by atoms with van der Waals surface area (Å²) in [6.45, 7) is 0. The van der Waals surface area contributed by atoms with E-state index in [1.165, 1.54) is 12.5 Å². The van der Waals surface area contributed by atoms with Gasteiger partial charge in [-0.1, -0.05) is 15.9 Å². The molecule has 2 aromatic carbocycles. The van der Waals surface area contributed by atoms with E-state index in [1.807, 2.05) is 0 Å². The van der Waals surface area contributed by atoms with E-state index in [0.717, 1.165) is 4.47 Å². The molecule has 3 aromatic rings. The molecule has 3 rings (SSSR count). The van der Waals surface area contributed by atoms with Gasteiger partial charge in [-0.05, 0) is 42.5 Å². The van der Waals surface area contributed by atoms with Crippen LogP contribution in [-0.4, -0.2) is 19.2 Å². The first-order valence-electron chi connectivity index (χ1n) is 7.27. The molecular formula is C18H13BrN2O4. The monoisotopic (exact) mass is 400 g/mol. The van der Waals surface area contributed by atoms with Crippen molar-refractivity contribution in [1.82, 2.24) is 5.43 Å². The zero-order chi connectivity index (χ0) is 17.8. The van der Waals surface area contributed by atoms with Gasteiger partial charge in [0.15, 0.2) is 0 Å². The third-order valence-electron chi connectivity index (χ3n) is 3.48. The zero-order valence-corrected chi connectivity index (χ0v) is 14.7. The van der Waals surface area contributed by atoms with Gasteiger partial charge in [-0.3, -0.25) is 9.59 Å². The normalized spacial score (nSPS) is 11.0. The predicted molar refractivity (Wildman–Crippen MR) is 98.2 cm³/mol. The van der Waals surface area contributed by atoms with E-state index < -0.39 is 5.91 Å². The summed E-state index contributed by atoms with van der Waals surface area (Å²) in [7, 11) is 1.55. The SMILES string of the molecule is COc1ccc(C(=O)N/N=C/c2coc3ccc(Br)cc3c2=O)cc1. The second-order valence-electron chi connectivity index (χ2n) is 5.09. The summed E-state index contributed by atoms with van der Waals surface area (Å²) in [5.74, 6) is 0.256. The molecule has 1 aromatic heterocycles. The first-order chi connectivity index (χ1) is 12.1. The highest BCUT2D eigenvalue weighted by molar-refractivity contribution is 9.10. The Labute approximate surface area is 151 Å². The number of hydrogen-bond acceptors (Lipinski definition) is 5. The van der Waals surface area contributed by atoms with Crippen molar-refractivity contribution < 1.29 is 13.9 Å². The summed E-state index contributed by atoms with van der Waals surface area (Å²) in [5, 5.41) is 4.25. The Morgan fingerprint density at radius 1 is 1.24 bits per heavy atom. The molecule has 0 aliphatic rings. The van der Waals surface area contributed by atoms with Gasteiger partial charge in [0.1, 0.15) is 17.6 Å². The molecule has 0 aliphatic carbocycles. The minimum Gasteiger partial charge on any atom is -0.497 e. The number of carbonyl (C=O) groups excluding carboxylic acids is 1. The smallest absolute Gasteiger partial charge is 0.271 e. The van der Waals surface area contributed by atoms with Gasteiger partial charge in [0, 0.05) is 10.0 Å². The average Bonchev–Trinajstić information content (AvgIpc) is 2.64. The molecule has 0 fully saturated rings. The molecule has 0 atom stereocenters. The van der Waals surface area contributed by atoms with Gasteiger partial charge in [0.25, 0.3) is 5.91 Å². The standard InChI is InChI=1S/C18H13BrN2O4/c1-24-14-5-2-11(3-6-14)18(23)21-20-9-12-10-25-16-7-4-13(19)8-15(16)17(12)22/h2-10H,1H3,(H,21,23)/b20-9+. The molecule has 1 heterocycles. The fraction of sp³-hybridized carbons (Fsp3) is 0.0556. The number of nitrogens with one attached hydrogen (secondary N) is 1. The van der Waals surface area contributed by atoms with Crippen LogP contribution in [-0.2, 0) is 0 Å². The fourth-order valence-corrected chi connectivity index (χ4v) is 2.54. The number of methoxy groups -OCH3 is 1. The summed E-state index contributed by atoms with van der Waals surface area (Å²) in [6.07, 6.45) is 2.56. The van der Waals surface area contributed by atoms with Crippen molar-refractivity contribution in [1.29, 1.82) is 0 Å². The van der Waals surface area contributed by atoms with Crippen molar-refractivity contribution in [2.45, 2.75) is 0 Å². The maximum atomic E-state index is 12.4. The van der Waals surface area contributed by atoms with Crippen LogP contribution >= 0.6 is 15.9 Å². The fourth-order valence-electron chi connectivity index (χ4n) is 2.17. The second kappa shape index (κ2) is 7.31. The number of hydrogen-bond donors (Lipinski definition) is 1. The highest BCUT2D eigenvalue weighted by Crippen LogP contribution is 2.17. The molecular weight excluding hydrogens is 388 g/mol. The third kappa shape index (κ3) is 3.77. The van der Waals surface area contributed by atoms with Crippen LogP contribution in [0.25, 0.3) is 11.0 Å². The largest absolute Gasteiger partial charge is 0.497 e. The second-order valence-corrected chi connectivity index (χ2v) is 6.00. The van der Waals surface area contributed by atoms with E-state index in [2.05, 4.69) is 26.5 Å². The van der Waals surface area contributed by atoms with Gasteiger partial charge < -0.3 is 9.15 Å². The topological polar surface area (TPSA) is 80.9 Å². The molecule has 6 nitrogen and oxygen atoms in total. The first kappa shape index (κ1) is 16.9. The lowest BCUT2D eigenvalue weighted by molar-refractivity contribution is 0.0955. The lowest BCUT2D eigenvalue weighted by atomic mass is 10.2. The van der Waals surface area contributed by atoms with E-state index in [9.17, 15) is 9.59 Å². The van der Waals surface area contributed by atoms with Crippen molar-refractivity contribution in [3.63, 3.8) is 0 Å². The molecule has 0 bridgehead atoms. The number of nitrogens with zero attached hydrogens (tertiary/aromatic N) is 1. The van der Waals surface area contributed by atoms with Gasteiger partial charge in [-0.25, -0.2) is 5.43 Å². The van der Waals surface area contributed by atoms with E-state index in [0.29, 0.717) is 22.3 Å². The van der Waals surface area contributed by atoms with Gasteiger partial charge in [-0.2, -0.15) is 5.10 Å². The molecule has 1 amide bonds. The van der Waals surface area contributed by atoms with Crippen LogP contribution in [0.2, 0.25) is 0 Å². The summed E-state index contributed by atoms with van der Waals surface area (Å²) in [6, 6.07) is 11.7. The quantitative estimate of drug-likeness (QED) is 0.537. The maximum absolute atomic E-state index is 12.4. The Morgan fingerprint density at radius 3 is 2.72 bits per heavy atom. The number of carbonyl (C=O) groups is 1. The highest BCUT2D eigenvalue weighted by Gasteiger charge is 2.07. The van der Waals surface area contributed by atoms with Crippen LogP contribution in [0.5, 0.6) is 5.75 Å². The van der Waals surface area contributed by atoms with Crippen LogP contribution in [0.4, 0.5) is 0 Å². The van der Waals surface area contributed by atoms with E-state index >= 15 is 0 Å². The van der Waals surface area contributed by atoms with Crippen molar-refractivity contribution in [2.24, 2.45) is 5.10 Å². The molecule has 25 heavy (non-hydrogen) atoms.